The summed E-state index contributed by atoms with van der Waals surface area (Å²) >= 11 is 6.33. The zero-order valence-corrected chi connectivity index (χ0v) is 19.9. The van der Waals surface area contributed by atoms with Crippen LogP contribution in [-0.2, 0) is 17.5 Å². The Hall–Kier alpha value is -4.68. The number of ether oxygens (including phenoxy) is 1. The molecule has 12 nitrogen and oxygen atoms in total. The Kier molecular flexibility index (Phi) is 7.46. The fourth-order valence-electron chi connectivity index (χ4n) is 3.58. The van der Waals surface area contributed by atoms with Crippen LogP contribution in [0.15, 0.2) is 36.9 Å². The summed E-state index contributed by atoms with van der Waals surface area (Å²) in [6.07, 6.45) is 0.221. The number of rotatable bonds is 9. The number of nitrogens with one attached hydrogen (secondary N) is 2. The molecule has 0 saturated heterocycles. The van der Waals surface area contributed by atoms with Gasteiger partial charge in [-0.1, -0.05) is 11.6 Å². The van der Waals surface area contributed by atoms with E-state index in [1.54, 1.807) is 6.07 Å². The van der Waals surface area contributed by atoms with E-state index in [2.05, 4.69) is 25.7 Å². The van der Waals surface area contributed by atoms with Crippen LogP contribution in [0.1, 0.15) is 16.1 Å². The molecule has 0 aliphatic carbocycles. The number of aromatic nitrogens is 5. The van der Waals surface area contributed by atoms with Crippen LogP contribution in [0.4, 0.5) is 24.7 Å². The van der Waals surface area contributed by atoms with Crippen molar-refractivity contribution in [3.63, 3.8) is 0 Å². The number of halogens is 4. The lowest BCUT2D eigenvalue weighted by atomic mass is 10.1. The van der Waals surface area contributed by atoms with Gasteiger partial charge in [-0.15, -0.1) is 0 Å². The van der Waals surface area contributed by atoms with Gasteiger partial charge in [0.05, 0.1) is 39.8 Å². The quantitative estimate of drug-likeness (QED) is 0.267. The van der Waals surface area contributed by atoms with Crippen LogP contribution in [0.25, 0.3) is 16.9 Å². The highest BCUT2D eigenvalue weighted by molar-refractivity contribution is 6.36. The van der Waals surface area contributed by atoms with Crippen molar-refractivity contribution in [1.29, 1.82) is 5.26 Å². The highest BCUT2D eigenvalue weighted by atomic mass is 35.5. The van der Waals surface area contributed by atoms with Crippen molar-refractivity contribution >= 4 is 41.1 Å². The Morgan fingerprint density at radius 1 is 1.32 bits per heavy atom. The molecule has 0 aliphatic heterocycles. The van der Waals surface area contributed by atoms with E-state index >= 15 is 0 Å². The zero-order chi connectivity index (χ0) is 27.4. The predicted molar refractivity (Wildman–Crippen MR) is 128 cm³/mol. The number of fused-ring (bicyclic) bond motifs is 1. The number of hydrogen-bond donors (Lipinski definition) is 3. The van der Waals surface area contributed by atoms with Crippen molar-refractivity contribution in [2.75, 3.05) is 18.4 Å². The molecule has 196 valence electrons. The summed E-state index contributed by atoms with van der Waals surface area (Å²) in [6.45, 7) is 0.132. The van der Waals surface area contributed by atoms with E-state index in [0.29, 0.717) is 0 Å². The maximum Gasteiger partial charge on any atom is 0.435 e. The Labute approximate surface area is 216 Å². The lowest BCUT2D eigenvalue weighted by Gasteiger charge is -2.14. The number of benzene rings is 1. The van der Waals surface area contributed by atoms with E-state index in [9.17, 15) is 22.8 Å². The van der Waals surface area contributed by atoms with Crippen molar-refractivity contribution < 1.29 is 27.5 Å². The van der Waals surface area contributed by atoms with Gasteiger partial charge in [-0.25, -0.2) is 9.97 Å². The van der Waals surface area contributed by atoms with E-state index in [0.717, 1.165) is 10.9 Å². The van der Waals surface area contributed by atoms with Gasteiger partial charge in [0.15, 0.2) is 22.9 Å². The third kappa shape index (κ3) is 5.08. The Balaban J connectivity index is 1.77. The van der Waals surface area contributed by atoms with Crippen molar-refractivity contribution in [1.82, 2.24) is 29.5 Å². The third-order valence-electron chi connectivity index (χ3n) is 5.16. The van der Waals surface area contributed by atoms with Gasteiger partial charge in [-0.2, -0.15) is 23.5 Å². The molecule has 0 unspecified atom stereocenters. The van der Waals surface area contributed by atoms with Gasteiger partial charge < -0.3 is 21.1 Å². The molecule has 4 rings (SSSR count). The molecule has 0 atom stereocenters. The predicted octanol–water partition coefficient (Wildman–Crippen LogP) is 2.76. The normalized spacial score (nSPS) is 11.3. The first-order valence-electron chi connectivity index (χ1n) is 10.7. The van der Waals surface area contributed by atoms with Crippen molar-refractivity contribution in [2.45, 2.75) is 12.7 Å². The van der Waals surface area contributed by atoms with E-state index in [1.807, 2.05) is 0 Å². The molecule has 0 spiro atoms. The van der Waals surface area contributed by atoms with Gasteiger partial charge in [-0.05, 0) is 12.1 Å². The van der Waals surface area contributed by atoms with E-state index in [4.69, 9.17) is 27.3 Å². The molecule has 0 radical (unpaired) electrons. The van der Waals surface area contributed by atoms with E-state index in [-0.39, 0.29) is 70.9 Å². The Morgan fingerprint density at radius 2 is 2.11 bits per heavy atom. The minimum atomic E-state index is -4.79. The molecular formula is C22H17ClF3N9O3. The van der Waals surface area contributed by atoms with E-state index in [1.165, 1.54) is 35.1 Å². The lowest BCUT2D eigenvalue weighted by molar-refractivity contribution is -0.141. The molecule has 0 saturated carbocycles. The third-order valence-corrected chi connectivity index (χ3v) is 5.53. The summed E-state index contributed by atoms with van der Waals surface area (Å²) in [6, 6.07) is 4.54. The zero-order valence-electron chi connectivity index (χ0n) is 19.2. The average Bonchev–Trinajstić information content (AvgIpc) is 3.50. The second kappa shape index (κ2) is 10.7. The van der Waals surface area contributed by atoms with Gasteiger partial charge in [0.25, 0.3) is 12.4 Å². The van der Waals surface area contributed by atoms with Gasteiger partial charge in [0.1, 0.15) is 6.54 Å². The first kappa shape index (κ1) is 26.4. The number of nitrogens with two attached hydrogens (primary N) is 1. The maximum absolute atomic E-state index is 13.7. The summed E-state index contributed by atoms with van der Waals surface area (Å²) in [7, 11) is 0. The lowest BCUT2D eigenvalue weighted by Crippen LogP contribution is -2.29. The first-order valence-corrected chi connectivity index (χ1v) is 11.1. The standard InChI is InChI=1S/C22H17ClF3N9O3/c23-16-12(21(37)30-5-3-27)1-2-14(17(16)38-11-36)32-19-20-31-9-15(35(20)8-6-29-19)13-10-34(7-4-28)33-18(13)22(24,25)26/h1-2,6,8-11H,3,5,7,27H2,(H,29,32)(H,30,37). The highest BCUT2D eigenvalue weighted by Crippen LogP contribution is 2.39. The number of amides is 1. The number of carbonyl (C=O) groups is 2. The summed E-state index contributed by atoms with van der Waals surface area (Å²) in [5.74, 6) is -0.656. The SMILES string of the molecule is N#CCn1cc(-c2cnc3c(Nc4ccc(C(=O)NCCN)c(Cl)c4OC=O)nccn23)c(C(F)(F)F)n1. The minimum Gasteiger partial charge on any atom is -0.425 e. The number of carbonyl (C=O) groups excluding carboxylic acids is 2. The molecular weight excluding hydrogens is 531 g/mol. The van der Waals surface area contributed by atoms with Crippen LogP contribution < -0.4 is 21.1 Å². The largest absolute Gasteiger partial charge is 0.435 e. The van der Waals surface area contributed by atoms with Crippen LogP contribution in [-0.4, -0.2) is 49.6 Å². The smallest absolute Gasteiger partial charge is 0.425 e. The topological polar surface area (TPSA) is 165 Å². The molecule has 0 aliphatic rings. The number of imidazole rings is 1. The molecule has 0 bridgehead atoms. The van der Waals surface area contributed by atoms with E-state index < -0.39 is 17.8 Å². The van der Waals surface area contributed by atoms with Crippen molar-refractivity contribution in [3.8, 4) is 23.1 Å². The second-order valence-electron chi connectivity index (χ2n) is 7.55. The molecule has 3 aromatic heterocycles. The molecule has 3 heterocycles. The molecule has 0 fully saturated rings. The van der Waals surface area contributed by atoms with Gasteiger partial charge >= 0.3 is 6.18 Å². The number of nitrogens with zero attached hydrogens (tertiary/aromatic N) is 6. The second-order valence-corrected chi connectivity index (χ2v) is 7.92. The van der Waals surface area contributed by atoms with Crippen molar-refractivity contribution in [2.24, 2.45) is 5.73 Å². The van der Waals surface area contributed by atoms with Crippen molar-refractivity contribution in [3.05, 3.63) is 53.2 Å². The number of anilines is 2. The monoisotopic (exact) mass is 547 g/mol. The fraction of sp³-hybridized carbons (Fsp3) is 0.182. The molecule has 38 heavy (non-hydrogen) atoms. The fourth-order valence-corrected chi connectivity index (χ4v) is 3.88. The van der Waals surface area contributed by atoms with Crippen LogP contribution in [0.2, 0.25) is 5.02 Å². The van der Waals surface area contributed by atoms with Gasteiger partial charge in [0.2, 0.25) is 0 Å². The molecule has 1 amide bonds. The van der Waals surface area contributed by atoms with Crippen LogP contribution >= 0.6 is 11.6 Å². The molecule has 1 aromatic carbocycles. The number of nitriles is 1. The maximum atomic E-state index is 13.7. The summed E-state index contributed by atoms with van der Waals surface area (Å²) in [5, 5.41) is 17.6. The molecule has 4 N–H and O–H groups in total. The van der Waals surface area contributed by atoms with Crippen LogP contribution in [0, 0.1) is 11.3 Å². The van der Waals surface area contributed by atoms with Crippen LogP contribution in [0.5, 0.6) is 5.75 Å². The molecule has 4 aromatic rings. The highest BCUT2D eigenvalue weighted by Gasteiger charge is 2.38. The average molecular weight is 548 g/mol. The Morgan fingerprint density at radius 3 is 2.79 bits per heavy atom. The first-order chi connectivity index (χ1) is 18.2. The minimum absolute atomic E-state index is 0.0193. The summed E-state index contributed by atoms with van der Waals surface area (Å²) < 4.78 is 48.2. The summed E-state index contributed by atoms with van der Waals surface area (Å²) in [4.78, 5) is 31.9. The summed E-state index contributed by atoms with van der Waals surface area (Å²) in [5.41, 5.74) is 4.21. The van der Waals surface area contributed by atoms with Crippen LogP contribution in [0.3, 0.4) is 0 Å². The molecule has 16 heteroatoms. The number of alkyl halides is 3. The Bertz CT molecular complexity index is 1560. The van der Waals surface area contributed by atoms with Gasteiger partial charge in [-0.3, -0.25) is 18.7 Å². The van der Waals surface area contributed by atoms with Gasteiger partial charge in [0, 0.05) is 31.7 Å². The number of hydrogen-bond acceptors (Lipinski definition) is 9.